The van der Waals surface area contributed by atoms with E-state index in [0.29, 0.717) is 23.2 Å². The van der Waals surface area contributed by atoms with Crippen LogP contribution in [0.1, 0.15) is 34.1 Å². The van der Waals surface area contributed by atoms with Crippen molar-refractivity contribution in [3.8, 4) is 5.69 Å². The number of aromatic nitrogens is 3. The van der Waals surface area contributed by atoms with E-state index in [1.807, 2.05) is 0 Å². The summed E-state index contributed by atoms with van der Waals surface area (Å²) in [5, 5.41) is 7.16. The number of nitrogens with one attached hydrogen (secondary N) is 1. The fourth-order valence-electron chi connectivity index (χ4n) is 3.76. The largest absolute Gasteiger partial charge is 0.319 e. The van der Waals surface area contributed by atoms with Gasteiger partial charge in [0.2, 0.25) is 0 Å². The standard InChI is InChI=1S/C19H14F2N4O/c20-11-3-4-16(15(21)8-11)25-18-13-6-10(13)7-14(18)17(24-25)19(26)23-12-2-1-5-22-9-12/h1-5,8-10,13H,6-7H2,(H,23,26)/t10-,13-/m1/s1. The lowest BCUT2D eigenvalue weighted by atomic mass is 10.1. The molecular weight excluding hydrogens is 338 g/mol. The number of nitrogens with zero attached hydrogens (tertiary/aromatic N) is 3. The van der Waals surface area contributed by atoms with Gasteiger partial charge in [0.1, 0.15) is 11.5 Å². The molecular formula is C19H14F2N4O. The molecule has 0 saturated heterocycles. The Hall–Kier alpha value is -3.09. The fourth-order valence-corrected chi connectivity index (χ4v) is 3.76. The topological polar surface area (TPSA) is 59.8 Å². The summed E-state index contributed by atoms with van der Waals surface area (Å²) >= 11 is 0. The summed E-state index contributed by atoms with van der Waals surface area (Å²) in [6, 6.07) is 6.84. The fraction of sp³-hybridized carbons (Fsp3) is 0.211. The number of pyridine rings is 1. The zero-order chi connectivity index (χ0) is 17.8. The van der Waals surface area contributed by atoms with Gasteiger partial charge in [-0.05, 0) is 43.0 Å². The van der Waals surface area contributed by atoms with Crippen molar-refractivity contribution < 1.29 is 13.6 Å². The molecule has 1 aromatic carbocycles. The van der Waals surface area contributed by atoms with Gasteiger partial charge in [-0.2, -0.15) is 5.10 Å². The third-order valence-corrected chi connectivity index (χ3v) is 5.04. The van der Waals surface area contributed by atoms with E-state index in [0.717, 1.165) is 30.2 Å². The lowest BCUT2D eigenvalue weighted by molar-refractivity contribution is 0.102. The summed E-state index contributed by atoms with van der Waals surface area (Å²) < 4.78 is 29.0. The second-order valence-corrected chi connectivity index (χ2v) is 6.72. The van der Waals surface area contributed by atoms with Crippen molar-refractivity contribution in [2.45, 2.75) is 18.8 Å². The minimum absolute atomic E-state index is 0.163. The Bertz CT molecular complexity index is 1030. The van der Waals surface area contributed by atoms with Crippen LogP contribution in [0.2, 0.25) is 0 Å². The molecule has 130 valence electrons. The van der Waals surface area contributed by atoms with E-state index in [-0.39, 0.29) is 11.6 Å². The number of benzene rings is 1. The molecule has 5 rings (SSSR count). The van der Waals surface area contributed by atoms with Gasteiger partial charge in [-0.3, -0.25) is 9.78 Å². The Balaban J connectivity index is 1.58. The summed E-state index contributed by atoms with van der Waals surface area (Å²) in [6.45, 7) is 0. The number of carbonyl (C=O) groups excluding carboxylic acids is 1. The molecule has 7 heteroatoms. The molecule has 1 amide bonds. The van der Waals surface area contributed by atoms with E-state index in [4.69, 9.17) is 0 Å². The molecule has 0 aliphatic heterocycles. The van der Waals surface area contributed by atoms with Gasteiger partial charge in [0, 0.05) is 23.7 Å². The van der Waals surface area contributed by atoms with Crippen LogP contribution in [-0.2, 0) is 6.42 Å². The van der Waals surface area contributed by atoms with Crippen molar-refractivity contribution in [2.75, 3.05) is 5.32 Å². The van der Waals surface area contributed by atoms with Gasteiger partial charge in [-0.1, -0.05) is 0 Å². The molecule has 2 atom stereocenters. The lowest BCUT2D eigenvalue weighted by Crippen LogP contribution is -2.15. The maximum Gasteiger partial charge on any atom is 0.276 e. The Morgan fingerprint density at radius 2 is 2.15 bits per heavy atom. The lowest BCUT2D eigenvalue weighted by Gasteiger charge is -2.07. The van der Waals surface area contributed by atoms with E-state index >= 15 is 0 Å². The normalized spacial score (nSPS) is 19.8. The van der Waals surface area contributed by atoms with Crippen molar-refractivity contribution in [3.63, 3.8) is 0 Å². The summed E-state index contributed by atoms with van der Waals surface area (Å²) in [6.07, 6.45) is 4.95. The van der Waals surface area contributed by atoms with Crippen LogP contribution in [0.5, 0.6) is 0 Å². The highest BCUT2D eigenvalue weighted by atomic mass is 19.1. The first-order valence-electron chi connectivity index (χ1n) is 8.40. The summed E-state index contributed by atoms with van der Waals surface area (Å²) in [7, 11) is 0. The predicted molar refractivity (Wildman–Crippen MR) is 90.2 cm³/mol. The Kier molecular flexibility index (Phi) is 3.19. The van der Waals surface area contributed by atoms with Gasteiger partial charge >= 0.3 is 0 Å². The van der Waals surface area contributed by atoms with Crippen LogP contribution < -0.4 is 5.32 Å². The highest BCUT2D eigenvalue weighted by Crippen LogP contribution is 2.57. The van der Waals surface area contributed by atoms with Gasteiger partial charge in [-0.15, -0.1) is 0 Å². The van der Waals surface area contributed by atoms with Crippen LogP contribution in [0.3, 0.4) is 0 Å². The first-order valence-corrected chi connectivity index (χ1v) is 8.40. The van der Waals surface area contributed by atoms with Crippen molar-refractivity contribution in [1.82, 2.24) is 14.8 Å². The van der Waals surface area contributed by atoms with Crippen LogP contribution in [0.15, 0.2) is 42.7 Å². The van der Waals surface area contributed by atoms with Gasteiger partial charge in [-0.25, -0.2) is 13.5 Å². The molecule has 0 radical (unpaired) electrons. The van der Waals surface area contributed by atoms with Gasteiger partial charge in [0.05, 0.1) is 17.6 Å². The number of halogens is 2. The minimum atomic E-state index is -0.696. The molecule has 1 fully saturated rings. The quantitative estimate of drug-likeness (QED) is 0.785. The maximum absolute atomic E-state index is 14.3. The molecule has 2 aliphatic carbocycles. The van der Waals surface area contributed by atoms with Crippen molar-refractivity contribution in [3.05, 3.63) is 71.3 Å². The van der Waals surface area contributed by atoms with Gasteiger partial charge < -0.3 is 5.32 Å². The summed E-state index contributed by atoms with van der Waals surface area (Å²) in [5.41, 5.74) is 2.75. The van der Waals surface area contributed by atoms with E-state index in [1.54, 1.807) is 24.5 Å². The molecule has 5 nitrogen and oxygen atoms in total. The SMILES string of the molecule is O=C(Nc1cccnc1)c1nn(-c2ccc(F)cc2F)c2c1C[C@H]1C[C@@H]21. The van der Waals surface area contributed by atoms with Crippen LogP contribution in [0.25, 0.3) is 5.69 Å². The Morgan fingerprint density at radius 1 is 1.27 bits per heavy atom. The van der Waals surface area contributed by atoms with Crippen LogP contribution >= 0.6 is 0 Å². The average molecular weight is 352 g/mol. The van der Waals surface area contributed by atoms with Crippen LogP contribution in [0, 0.1) is 17.6 Å². The number of fused-ring (bicyclic) bond motifs is 3. The maximum atomic E-state index is 14.3. The molecule has 3 aromatic rings. The molecule has 2 aliphatic rings. The molecule has 0 bridgehead atoms. The van der Waals surface area contributed by atoms with Crippen LogP contribution in [0.4, 0.5) is 14.5 Å². The van der Waals surface area contributed by atoms with Crippen molar-refractivity contribution >= 4 is 11.6 Å². The van der Waals surface area contributed by atoms with Gasteiger partial charge in [0.25, 0.3) is 5.91 Å². The van der Waals surface area contributed by atoms with Crippen molar-refractivity contribution in [1.29, 1.82) is 0 Å². The van der Waals surface area contributed by atoms with Gasteiger partial charge in [0.15, 0.2) is 11.5 Å². The zero-order valence-corrected chi connectivity index (χ0v) is 13.6. The molecule has 0 unspecified atom stereocenters. The number of hydrogen-bond acceptors (Lipinski definition) is 3. The van der Waals surface area contributed by atoms with E-state index in [9.17, 15) is 13.6 Å². The predicted octanol–water partition coefficient (Wildman–Crippen LogP) is 3.46. The second kappa shape index (κ2) is 5.45. The zero-order valence-electron chi connectivity index (χ0n) is 13.6. The summed E-state index contributed by atoms with van der Waals surface area (Å²) in [4.78, 5) is 16.7. The molecule has 2 heterocycles. The highest BCUT2D eigenvalue weighted by Gasteiger charge is 2.50. The third kappa shape index (κ3) is 2.31. The van der Waals surface area contributed by atoms with Crippen LogP contribution in [-0.4, -0.2) is 20.7 Å². The first-order chi connectivity index (χ1) is 12.6. The van der Waals surface area contributed by atoms with Crippen molar-refractivity contribution in [2.24, 2.45) is 5.92 Å². The number of rotatable bonds is 3. The minimum Gasteiger partial charge on any atom is -0.319 e. The highest BCUT2D eigenvalue weighted by molar-refractivity contribution is 6.04. The number of anilines is 1. The summed E-state index contributed by atoms with van der Waals surface area (Å²) in [5.74, 6) is -0.908. The number of amides is 1. The first kappa shape index (κ1) is 15.2. The molecule has 1 saturated carbocycles. The van der Waals surface area contributed by atoms with E-state index < -0.39 is 11.6 Å². The third-order valence-electron chi connectivity index (χ3n) is 5.04. The molecule has 26 heavy (non-hydrogen) atoms. The smallest absolute Gasteiger partial charge is 0.276 e. The second-order valence-electron chi connectivity index (χ2n) is 6.72. The van der Waals surface area contributed by atoms with E-state index in [1.165, 1.54) is 16.8 Å². The Morgan fingerprint density at radius 3 is 2.92 bits per heavy atom. The molecule has 1 N–H and O–H groups in total. The average Bonchev–Trinajstić information content (AvgIpc) is 3.12. The van der Waals surface area contributed by atoms with E-state index in [2.05, 4.69) is 15.4 Å². The Labute approximate surface area is 147 Å². The molecule has 0 spiro atoms. The number of hydrogen-bond donors (Lipinski definition) is 1. The monoisotopic (exact) mass is 352 g/mol. The molecule has 2 aromatic heterocycles. The number of carbonyl (C=O) groups is 1.